The van der Waals surface area contributed by atoms with E-state index in [1.165, 1.54) is 28.3 Å². The monoisotopic (exact) mass is 425 g/mol. The molecule has 3 heterocycles. The van der Waals surface area contributed by atoms with Gasteiger partial charge >= 0.3 is 5.69 Å². The molecule has 0 saturated heterocycles. The maximum Gasteiger partial charge on any atom is 0.330 e. The fraction of sp³-hybridized carbons (Fsp3) is 0.238. The largest absolute Gasteiger partial charge is 0.471 e. The number of hydrogen-bond acceptors (Lipinski definition) is 6. The third-order valence-electron chi connectivity index (χ3n) is 4.74. The number of aliphatic hydroxyl groups excluding tert-OH is 1. The zero-order valence-electron chi connectivity index (χ0n) is 16.9. The molecule has 0 aliphatic heterocycles. The zero-order valence-corrected chi connectivity index (χ0v) is 16.9. The lowest BCUT2D eigenvalue weighted by Crippen LogP contribution is -2.33. The van der Waals surface area contributed by atoms with Crippen LogP contribution in [-0.2, 0) is 20.2 Å². The second-order valence-electron chi connectivity index (χ2n) is 7.17. The summed E-state index contributed by atoms with van der Waals surface area (Å²) in [5.41, 5.74) is 0.0884. The van der Waals surface area contributed by atoms with E-state index in [4.69, 9.17) is 4.74 Å². The van der Waals surface area contributed by atoms with Gasteiger partial charge in [0.1, 0.15) is 12.4 Å². The average molecular weight is 425 g/mol. The lowest BCUT2D eigenvalue weighted by molar-refractivity contribution is 0.173. The Morgan fingerprint density at radius 1 is 1.26 bits per heavy atom. The number of ether oxygens (including phenoxy) is 1. The number of aryl methyl sites for hydroxylation is 1. The third-order valence-corrected chi connectivity index (χ3v) is 4.74. The van der Waals surface area contributed by atoms with E-state index in [0.717, 1.165) is 5.56 Å². The number of halogens is 1. The molecule has 0 fully saturated rings. The van der Waals surface area contributed by atoms with Crippen molar-refractivity contribution in [3.05, 3.63) is 74.8 Å². The summed E-state index contributed by atoms with van der Waals surface area (Å²) in [6, 6.07) is 10.5. The Morgan fingerprint density at radius 3 is 2.68 bits per heavy atom. The minimum Gasteiger partial charge on any atom is -0.471 e. The smallest absolute Gasteiger partial charge is 0.330 e. The van der Waals surface area contributed by atoms with Gasteiger partial charge in [-0.2, -0.15) is 0 Å². The Balaban J connectivity index is 1.72. The maximum atomic E-state index is 14.6. The molecule has 0 saturated carbocycles. The summed E-state index contributed by atoms with van der Waals surface area (Å²) in [6.45, 7) is 1.62. The molecular formula is C21H20FN5O4. The van der Waals surface area contributed by atoms with Crippen molar-refractivity contribution in [2.75, 3.05) is 0 Å². The Hall–Kier alpha value is -3.79. The first-order chi connectivity index (χ1) is 14.8. The Labute approximate surface area is 175 Å². The summed E-state index contributed by atoms with van der Waals surface area (Å²) in [6.07, 6.45) is 0.549. The average Bonchev–Trinajstić information content (AvgIpc) is 3.08. The van der Waals surface area contributed by atoms with Crippen molar-refractivity contribution in [3.63, 3.8) is 0 Å². The molecule has 0 spiro atoms. The fourth-order valence-electron chi connectivity index (χ4n) is 3.32. The van der Waals surface area contributed by atoms with Gasteiger partial charge in [0.25, 0.3) is 11.4 Å². The van der Waals surface area contributed by atoms with Crippen molar-refractivity contribution in [1.29, 1.82) is 0 Å². The molecule has 10 heteroatoms. The summed E-state index contributed by atoms with van der Waals surface area (Å²) < 4.78 is 22.7. The summed E-state index contributed by atoms with van der Waals surface area (Å²) in [4.78, 5) is 35.2. The number of imidazole rings is 1. The van der Waals surface area contributed by atoms with Crippen LogP contribution in [0.4, 0.5) is 4.39 Å². The SMILES string of the molecule is CC(O)Cn1c(=O)[nH]c(=O)c2c1nc(-c1cnc(OCc3ccccc3)c(F)c1)n2C. The van der Waals surface area contributed by atoms with E-state index in [1.54, 1.807) is 7.05 Å². The highest BCUT2D eigenvalue weighted by molar-refractivity contribution is 5.76. The number of H-pyrrole nitrogens is 1. The lowest BCUT2D eigenvalue weighted by atomic mass is 10.2. The van der Waals surface area contributed by atoms with Gasteiger partial charge in [-0.25, -0.2) is 19.2 Å². The first-order valence-electron chi connectivity index (χ1n) is 9.55. The second-order valence-corrected chi connectivity index (χ2v) is 7.17. The van der Waals surface area contributed by atoms with Gasteiger partial charge in [-0.3, -0.25) is 14.3 Å². The van der Waals surface area contributed by atoms with Crippen molar-refractivity contribution >= 4 is 11.2 Å². The highest BCUT2D eigenvalue weighted by atomic mass is 19.1. The number of aromatic nitrogens is 5. The van der Waals surface area contributed by atoms with Crippen LogP contribution in [0.3, 0.4) is 0 Å². The number of benzene rings is 1. The fourth-order valence-corrected chi connectivity index (χ4v) is 3.32. The Morgan fingerprint density at radius 2 is 2.00 bits per heavy atom. The van der Waals surface area contributed by atoms with E-state index in [9.17, 15) is 19.1 Å². The number of hydrogen-bond donors (Lipinski definition) is 2. The molecule has 0 bridgehead atoms. The summed E-state index contributed by atoms with van der Waals surface area (Å²) in [5.74, 6) is -0.600. The summed E-state index contributed by atoms with van der Waals surface area (Å²) in [7, 11) is 1.58. The molecule has 4 aromatic rings. The number of fused-ring (bicyclic) bond motifs is 1. The van der Waals surface area contributed by atoms with Crippen LogP contribution >= 0.6 is 0 Å². The van der Waals surface area contributed by atoms with E-state index in [2.05, 4.69) is 15.0 Å². The molecule has 160 valence electrons. The quantitative estimate of drug-likeness (QED) is 0.485. The third kappa shape index (κ3) is 3.97. The van der Waals surface area contributed by atoms with Crippen LogP contribution in [0.5, 0.6) is 5.88 Å². The normalized spacial score (nSPS) is 12.3. The van der Waals surface area contributed by atoms with Crippen molar-refractivity contribution in [2.24, 2.45) is 7.05 Å². The van der Waals surface area contributed by atoms with E-state index < -0.39 is 23.2 Å². The van der Waals surface area contributed by atoms with Gasteiger partial charge in [-0.15, -0.1) is 0 Å². The second kappa shape index (κ2) is 8.15. The van der Waals surface area contributed by atoms with E-state index >= 15 is 0 Å². The van der Waals surface area contributed by atoms with E-state index in [0.29, 0.717) is 5.56 Å². The molecule has 3 aromatic heterocycles. The number of rotatable bonds is 6. The molecule has 2 N–H and O–H groups in total. The zero-order chi connectivity index (χ0) is 22.1. The van der Waals surface area contributed by atoms with Gasteiger partial charge in [-0.1, -0.05) is 30.3 Å². The van der Waals surface area contributed by atoms with Gasteiger partial charge in [0.2, 0.25) is 0 Å². The van der Waals surface area contributed by atoms with Crippen molar-refractivity contribution in [2.45, 2.75) is 26.2 Å². The number of aromatic amines is 1. The molecule has 1 unspecified atom stereocenters. The van der Waals surface area contributed by atoms with Crippen LogP contribution in [0.15, 0.2) is 52.2 Å². The summed E-state index contributed by atoms with van der Waals surface area (Å²) in [5, 5.41) is 9.69. The Kier molecular flexibility index (Phi) is 5.38. The van der Waals surface area contributed by atoms with Crippen molar-refractivity contribution in [3.8, 4) is 17.3 Å². The standard InChI is InChI=1S/C21H20FN5O4/c1-12(28)10-27-18-16(19(29)25-21(27)30)26(2)17(24-18)14-8-15(22)20(23-9-14)31-11-13-6-4-3-5-7-13/h3-9,12,28H,10-11H2,1-2H3,(H,25,29,30). The van der Waals surface area contributed by atoms with Crippen LogP contribution in [0.2, 0.25) is 0 Å². The van der Waals surface area contributed by atoms with Gasteiger partial charge in [-0.05, 0) is 18.6 Å². The van der Waals surface area contributed by atoms with Gasteiger partial charge in [0, 0.05) is 18.8 Å². The molecule has 1 atom stereocenters. The topological polar surface area (TPSA) is 115 Å². The molecule has 4 rings (SSSR count). The van der Waals surface area contributed by atoms with Gasteiger partial charge < -0.3 is 14.4 Å². The van der Waals surface area contributed by atoms with Crippen molar-refractivity contribution in [1.82, 2.24) is 24.1 Å². The van der Waals surface area contributed by atoms with Crippen LogP contribution in [-0.4, -0.2) is 35.3 Å². The molecule has 0 radical (unpaired) electrons. The first-order valence-corrected chi connectivity index (χ1v) is 9.55. The number of nitrogens with zero attached hydrogens (tertiary/aromatic N) is 4. The predicted octanol–water partition coefficient (Wildman–Crippen LogP) is 1.58. The molecular weight excluding hydrogens is 405 g/mol. The maximum absolute atomic E-state index is 14.6. The highest BCUT2D eigenvalue weighted by Gasteiger charge is 2.19. The van der Waals surface area contributed by atoms with Crippen LogP contribution in [0.1, 0.15) is 12.5 Å². The minimum atomic E-state index is -0.836. The molecule has 1 aromatic carbocycles. The molecule has 0 aliphatic carbocycles. The molecule has 31 heavy (non-hydrogen) atoms. The van der Waals surface area contributed by atoms with Crippen molar-refractivity contribution < 1.29 is 14.2 Å². The molecule has 0 amide bonds. The van der Waals surface area contributed by atoms with Crippen LogP contribution in [0.25, 0.3) is 22.6 Å². The number of pyridine rings is 1. The first kappa shape index (κ1) is 20.5. The van der Waals surface area contributed by atoms with E-state index in [1.807, 2.05) is 30.3 Å². The van der Waals surface area contributed by atoms with Crippen LogP contribution in [0, 0.1) is 5.82 Å². The lowest BCUT2D eigenvalue weighted by Gasteiger charge is -2.08. The highest BCUT2D eigenvalue weighted by Crippen LogP contribution is 2.25. The van der Waals surface area contributed by atoms with Gasteiger partial charge in [0.15, 0.2) is 17.0 Å². The molecule has 0 aliphatic rings. The predicted molar refractivity (Wildman–Crippen MR) is 111 cm³/mol. The summed E-state index contributed by atoms with van der Waals surface area (Å²) >= 11 is 0. The molecule has 9 nitrogen and oxygen atoms in total. The minimum absolute atomic E-state index is 0.0541. The van der Waals surface area contributed by atoms with Crippen LogP contribution < -0.4 is 16.0 Å². The van der Waals surface area contributed by atoms with E-state index in [-0.39, 0.29) is 36.0 Å². The number of nitrogens with one attached hydrogen (secondary N) is 1. The van der Waals surface area contributed by atoms with Gasteiger partial charge in [0.05, 0.1) is 12.6 Å². The Bertz CT molecular complexity index is 1360. The number of aliphatic hydroxyl groups is 1.